The molecule has 7 heteroatoms. The Hall–Kier alpha value is -2.44. The number of halogens is 1. The highest BCUT2D eigenvalue weighted by Crippen LogP contribution is 2.27. The third-order valence-electron chi connectivity index (χ3n) is 3.66. The standard InChI is InChI=1S/C19H18ClN3O2S/c1-13-17(26-19(23-13)14-3-2-9-21-11-14)8-10-22-18(24)12-25-16-6-4-15(20)5-7-16/h2-7,9,11H,8,10,12H2,1H3,(H,22,24). The molecule has 0 fully saturated rings. The fourth-order valence-corrected chi connectivity index (χ4v) is 3.50. The SMILES string of the molecule is Cc1nc(-c2cccnc2)sc1CCNC(=O)COc1ccc(Cl)cc1. The number of carbonyl (C=O) groups is 1. The average molecular weight is 388 g/mol. The maximum atomic E-state index is 11.9. The fraction of sp³-hybridized carbons (Fsp3) is 0.211. The van der Waals surface area contributed by atoms with E-state index in [1.165, 1.54) is 0 Å². The number of nitrogens with zero attached hydrogens (tertiary/aromatic N) is 2. The Bertz CT molecular complexity index is 866. The second-order valence-corrected chi connectivity index (χ2v) is 7.13. The number of nitrogens with one attached hydrogen (secondary N) is 1. The largest absolute Gasteiger partial charge is 0.484 e. The summed E-state index contributed by atoms with van der Waals surface area (Å²) in [5.41, 5.74) is 1.99. The van der Waals surface area contributed by atoms with Crippen LogP contribution in [-0.4, -0.2) is 29.0 Å². The molecular formula is C19H18ClN3O2S. The predicted molar refractivity (Wildman–Crippen MR) is 104 cm³/mol. The lowest BCUT2D eigenvalue weighted by Crippen LogP contribution is -2.30. The average Bonchev–Trinajstić information content (AvgIpc) is 3.03. The van der Waals surface area contributed by atoms with E-state index in [9.17, 15) is 4.79 Å². The van der Waals surface area contributed by atoms with Gasteiger partial charge in [0, 0.05) is 40.8 Å². The van der Waals surface area contributed by atoms with Gasteiger partial charge in [0.05, 0.1) is 5.69 Å². The Morgan fingerprint density at radius 2 is 2.08 bits per heavy atom. The smallest absolute Gasteiger partial charge is 0.257 e. The molecule has 3 aromatic rings. The number of benzene rings is 1. The van der Waals surface area contributed by atoms with Gasteiger partial charge in [-0.3, -0.25) is 9.78 Å². The molecule has 1 amide bonds. The molecule has 0 aliphatic rings. The Labute approximate surface area is 161 Å². The van der Waals surface area contributed by atoms with Crippen molar-refractivity contribution in [2.75, 3.05) is 13.2 Å². The molecule has 0 radical (unpaired) electrons. The van der Waals surface area contributed by atoms with Crippen molar-refractivity contribution >= 4 is 28.8 Å². The lowest BCUT2D eigenvalue weighted by molar-refractivity contribution is -0.123. The molecule has 0 atom stereocenters. The van der Waals surface area contributed by atoms with E-state index < -0.39 is 0 Å². The van der Waals surface area contributed by atoms with E-state index in [2.05, 4.69) is 15.3 Å². The summed E-state index contributed by atoms with van der Waals surface area (Å²) in [6.45, 7) is 2.50. The first kappa shape index (κ1) is 18.4. The first-order valence-corrected chi connectivity index (χ1v) is 9.33. The molecule has 134 valence electrons. The third kappa shape index (κ3) is 5.03. The highest BCUT2D eigenvalue weighted by molar-refractivity contribution is 7.15. The molecule has 2 aromatic heterocycles. The molecule has 0 unspecified atom stereocenters. The van der Waals surface area contributed by atoms with Crippen molar-refractivity contribution in [2.45, 2.75) is 13.3 Å². The second-order valence-electron chi connectivity index (χ2n) is 5.61. The quantitative estimate of drug-likeness (QED) is 0.667. The van der Waals surface area contributed by atoms with Gasteiger partial charge in [0.15, 0.2) is 6.61 Å². The minimum absolute atomic E-state index is 0.0236. The van der Waals surface area contributed by atoms with E-state index in [1.807, 2.05) is 19.1 Å². The monoisotopic (exact) mass is 387 g/mol. The van der Waals surface area contributed by atoms with E-state index in [4.69, 9.17) is 16.3 Å². The summed E-state index contributed by atoms with van der Waals surface area (Å²) in [6.07, 6.45) is 4.28. The number of rotatable bonds is 7. The summed E-state index contributed by atoms with van der Waals surface area (Å²) in [7, 11) is 0. The van der Waals surface area contributed by atoms with E-state index >= 15 is 0 Å². The summed E-state index contributed by atoms with van der Waals surface area (Å²) in [5.74, 6) is 0.457. The zero-order chi connectivity index (χ0) is 18.4. The van der Waals surface area contributed by atoms with Crippen LogP contribution in [0.4, 0.5) is 0 Å². The van der Waals surface area contributed by atoms with Crippen LogP contribution >= 0.6 is 22.9 Å². The molecule has 0 aliphatic carbocycles. The number of ether oxygens (including phenoxy) is 1. The molecule has 1 aromatic carbocycles. The summed E-state index contributed by atoms with van der Waals surface area (Å²) < 4.78 is 5.42. The van der Waals surface area contributed by atoms with Crippen molar-refractivity contribution in [3.63, 3.8) is 0 Å². The highest BCUT2D eigenvalue weighted by Gasteiger charge is 2.10. The topological polar surface area (TPSA) is 64.1 Å². The minimum atomic E-state index is -0.158. The van der Waals surface area contributed by atoms with Crippen LogP contribution in [0.15, 0.2) is 48.8 Å². The highest BCUT2D eigenvalue weighted by atomic mass is 35.5. The summed E-state index contributed by atoms with van der Waals surface area (Å²) in [6, 6.07) is 10.8. The number of aromatic nitrogens is 2. The van der Waals surface area contributed by atoms with Gasteiger partial charge in [-0.1, -0.05) is 11.6 Å². The van der Waals surface area contributed by atoms with Crippen molar-refractivity contribution in [2.24, 2.45) is 0 Å². The number of thiazole rings is 1. The molecule has 2 heterocycles. The van der Waals surface area contributed by atoms with Gasteiger partial charge in [0.2, 0.25) is 0 Å². The van der Waals surface area contributed by atoms with Gasteiger partial charge in [0.25, 0.3) is 5.91 Å². The van der Waals surface area contributed by atoms with Crippen LogP contribution in [0.5, 0.6) is 5.75 Å². The van der Waals surface area contributed by atoms with Crippen LogP contribution in [0.25, 0.3) is 10.6 Å². The van der Waals surface area contributed by atoms with Gasteiger partial charge in [-0.05, 0) is 43.3 Å². The number of amides is 1. The van der Waals surface area contributed by atoms with E-state index in [-0.39, 0.29) is 12.5 Å². The molecule has 0 saturated heterocycles. The Kier molecular flexibility index (Phi) is 6.20. The first-order chi connectivity index (χ1) is 12.6. The van der Waals surface area contributed by atoms with Crippen LogP contribution < -0.4 is 10.1 Å². The zero-order valence-electron chi connectivity index (χ0n) is 14.2. The summed E-state index contributed by atoms with van der Waals surface area (Å²) >= 11 is 7.44. The molecule has 0 aliphatic heterocycles. The molecule has 1 N–H and O–H groups in total. The normalized spacial score (nSPS) is 10.5. The van der Waals surface area contributed by atoms with Crippen LogP contribution in [0.2, 0.25) is 5.02 Å². The number of hydrogen-bond donors (Lipinski definition) is 1. The van der Waals surface area contributed by atoms with Gasteiger partial charge >= 0.3 is 0 Å². The number of aryl methyl sites for hydroxylation is 1. The lowest BCUT2D eigenvalue weighted by Gasteiger charge is -2.07. The van der Waals surface area contributed by atoms with E-state index in [0.29, 0.717) is 17.3 Å². The Balaban J connectivity index is 1.46. The lowest BCUT2D eigenvalue weighted by atomic mass is 10.3. The molecule has 3 rings (SSSR count). The predicted octanol–water partition coefficient (Wildman–Crippen LogP) is 3.90. The van der Waals surface area contributed by atoms with Crippen molar-refractivity contribution in [1.82, 2.24) is 15.3 Å². The summed E-state index contributed by atoms with van der Waals surface area (Å²) in [5, 5.41) is 4.44. The molecule has 0 bridgehead atoms. The van der Waals surface area contributed by atoms with E-state index in [0.717, 1.165) is 27.6 Å². The second kappa shape index (κ2) is 8.78. The van der Waals surface area contributed by atoms with Crippen molar-refractivity contribution in [3.8, 4) is 16.3 Å². The van der Waals surface area contributed by atoms with Gasteiger partial charge in [-0.15, -0.1) is 11.3 Å². The van der Waals surface area contributed by atoms with Crippen LogP contribution in [0.1, 0.15) is 10.6 Å². The maximum Gasteiger partial charge on any atom is 0.257 e. The van der Waals surface area contributed by atoms with Crippen molar-refractivity contribution < 1.29 is 9.53 Å². The molecule has 0 spiro atoms. The van der Waals surface area contributed by atoms with Gasteiger partial charge < -0.3 is 10.1 Å². The van der Waals surface area contributed by atoms with Crippen molar-refractivity contribution in [3.05, 3.63) is 64.4 Å². The van der Waals surface area contributed by atoms with Gasteiger partial charge in [0.1, 0.15) is 10.8 Å². The zero-order valence-corrected chi connectivity index (χ0v) is 15.8. The fourth-order valence-electron chi connectivity index (χ4n) is 2.32. The molecule has 0 saturated carbocycles. The maximum absolute atomic E-state index is 11.9. The van der Waals surface area contributed by atoms with E-state index in [1.54, 1.807) is 48.0 Å². The Morgan fingerprint density at radius 1 is 1.27 bits per heavy atom. The molecular weight excluding hydrogens is 370 g/mol. The molecule has 26 heavy (non-hydrogen) atoms. The number of carbonyl (C=O) groups excluding carboxylic acids is 1. The Morgan fingerprint density at radius 3 is 2.81 bits per heavy atom. The third-order valence-corrected chi connectivity index (χ3v) is 5.18. The van der Waals surface area contributed by atoms with Gasteiger partial charge in [-0.2, -0.15) is 0 Å². The first-order valence-electron chi connectivity index (χ1n) is 8.13. The van der Waals surface area contributed by atoms with Crippen LogP contribution in [-0.2, 0) is 11.2 Å². The van der Waals surface area contributed by atoms with Crippen LogP contribution in [0, 0.1) is 6.92 Å². The number of hydrogen-bond acceptors (Lipinski definition) is 5. The van der Waals surface area contributed by atoms with Crippen molar-refractivity contribution in [1.29, 1.82) is 0 Å². The summed E-state index contributed by atoms with van der Waals surface area (Å²) in [4.78, 5) is 21.8. The minimum Gasteiger partial charge on any atom is -0.484 e. The number of pyridine rings is 1. The molecule has 5 nitrogen and oxygen atoms in total. The van der Waals surface area contributed by atoms with Gasteiger partial charge in [-0.25, -0.2) is 4.98 Å². The van der Waals surface area contributed by atoms with Crippen LogP contribution in [0.3, 0.4) is 0 Å².